The third kappa shape index (κ3) is 6.54. The maximum atomic E-state index is 13.1. The first-order valence-electron chi connectivity index (χ1n) is 12.0. The summed E-state index contributed by atoms with van der Waals surface area (Å²) in [5.41, 5.74) is 0.710. The van der Waals surface area contributed by atoms with Crippen molar-refractivity contribution in [2.24, 2.45) is 7.05 Å². The number of rotatable bonds is 9. The van der Waals surface area contributed by atoms with Crippen LogP contribution >= 0.6 is 11.8 Å². The molecule has 1 unspecified atom stereocenters. The van der Waals surface area contributed by atoms with Crippen molar-refractivity contribution in [1.82, 2.24) is 14.3 Å². The Labute approximate surface area is 227 Å². The van der Waals surface area contributed by atoms with E-state index in [1.54, 1.807) is 20.0 Å². The number of carbonyl (C=O) groups excluding carboxylic acids is 1. The van der Waals surface area contributed by atoms with Crippen molar-refractivity contribution in [2.75, 3.05) is 13.2 Å². The van der Waals surface area contributed by atoms with Crippen LogP contribution in [0.2, 0.25) is 0 Å². The molecule has 0 spiro atoms. The zero-order chi connectivity index (χ0) is 28.2. The van der Waals surface area contributed by atoms with E-state index in [4.69, 9.17) is 9.47 Å². The maximum Gasteiger partial charge on any atom is 0.416 e. The molecule has 11 heteroatoms. The third-order valence-electron chi connectivity index (χ3n) is 5.84. The molecule has 0 aliphatic carbocycles. The van der Waals surface area contributed by atoms with Crippen molar-refractivity contribution in [3.63, 3.8) is 0 Å². The van der Waals surface area contributed by atoms with Crippen LogP contribution in [0.4, 0.5) is 13.2 Å². The molecule has 0 amide bonds. The van der Waals surface area contributed by atoms with E-state index in [2.05, 4.69) is 5.10 Å². The van der Waals surface area contributed by atoms with Gasteiger partial charge in [0.05, 0.1) is 23.1 Å². The Bertz CT molecular complexity index is 1500. The number of alkyl halides is 3. The van der Waals surface area contributed by atoms with Gasteiger partial charge in [-0.2, -0.15) is 17.9 Å². The molecule has 0 bridgehead atoms. The van der Waals surface area contributed by atoms with Gasteiger partial charge >= 0.3 is 17.8 Å². The minimum atomic E-state index is -4.48. The number of aromatic nitrogens is 3. The summed E-state index contributed by atoms with van der Waals surface area (Å²) in [7, 11) is 1.58. The van der Waals surface area contributed by atoms with Gasteiger partial charge < -0.3 is 9.47 Å². The molecule has 0 N–H and O–H groups in total. The van der Waals surface area contributed by atoms with E-state index in [0.29, 0.717) is 11.6 Å². The number of carbonyl (C=O) groups is 1. The van der Waals surface area contributed by atoms with Gasteiger partial charge in [-0.05, 0) is 67.4 Å². The number of aryl methyl sites for hydroxylation is 1. The smallest absolute Gasteiger partial charge is 0.416 e. The Balaban J connectivity index is 1.67. The first-order chi connectivity index (χ1) is 18.6. The van der Waals surface area contributed by atoms with Crippen LogP contribution in [0, 0.1) is 6.92 Å². The van der Waals surface area contributed by atoms with Gasteiger partial charge in [0.25, 0.3) is 0 Å². The highest BCUT2D eigenvalue weighted by molar-refractivity contribution is 7.99. The summed E-state index contributed by atoms with van der Waals surface area (Å²) < 4.78 is 52.0. The van der Waals surface area contributed by atoms with E-state index >= 15 is 0 Å². The second-order valence-corrected chi connectivity index (χ2v) is 9.73. The zero-order valence-electron chi connectivity index (χ0n) is 21.4. The molecule has 39 heavy (non-hydrogen) atoms. The normalized spacial score (nSPS) is 12.3. The van der Waals surface area contributed by atoms with Crippen LogP contribution in [0.3, 0.4) is 0 Å². The van der Waals surface area contributed by atoms with Crippen LogP contribution < -0.4 is 10.4 Å². The zero-order valence-corrected chi connectivity index (χ0v) is 22.3. The topological polar surface area (TPSA) is 75.3 Å². The van der Waals surface area contributed by atoms with Crippen LogP contribution in [-0.2, 0) is 22.8 Å². The second-order valence-electron chi connectivity index (χ2n) is 8.59. The number of halogens is 3. The molecule has 0 aliphatic heterocycles. The Hall–Kier alpha value is -3.99. The van der Waals surface area contributed by atoms with Crippen LogP contribution in [-0.4, -0.2) is 33.5 Å². The van der Waals surface area contributed by atoms with E-state index in [1.165, 1.54) is 28.5 Å². The molecule has 0 saturated carbocycles. The molecule has 0 aliphatic rings. The van der Waals surface area contributed by atoms with Gasteiger partial charge in [0.2, 0.25) is 0 Å². The SMILES string of the molecule is CCOC(=O)COc1ccc(SC(c2ccccc2)c2nn(-c3ccc(C(F)(F)F)cc3)c(=O)n2C)c(C)c1. The lowest BCUT2D eigenvalue weighted by molar-refractivity contribution is -0.145. The Morgan fingerprint density at radius 3 is 2.36 bits per heavy atom. The number of thioether (sulfide) groups is 1. The Morgan fingerprint density at radius 2 is 1.74 bits per heavy atom. The fourth-order valence-corrected chi connectivity index (χ4v) is 5.10. The third-order valence-corrected chi connectivity index (χ3v) is 7.27. The molecular weight excluding hydrogens is 531 g/mol. The largest absolute Gasteiger partial charge is 0.482 e. The van der Waals surface area contributed by atoms with Crippen LogP contribution in [0.5, 0.6) is 5.75 Å². The number of nitrogens with zero attached hydrogens (tertiary/aromatic N) is 3. The van der Waals surface area contributed by atoms with Gasteiger partial charge in [-0.1, -0.05) is 30.3 Å². The van der Waals surface area contributed by atoms with Crippen molar-refractivity contribution in [2.45, 2.75) is 30.2 Å². The summed E-state index contributed by atoms with van der Waals surface area (Å²) in [5, 5.41) is 4.13. The lowest BCUT2D eigenvalue weighted by Crippen LogP contribution is -2.22. The molecule has 1 atom stereocenters. The van der Waals surface area contributed by atoms with E-state index in [1.807, 2.05) is 49.4 Å². The van der Waals surface area contributed by atoms with Crippen molar-refractivity contribution in [3.05, 3.63) is 106 Å². The molecule has 0 saturated heterocycles. The number of esters is 1. The van der Waals surface area contributed by atoms with E-state index in [-0.39, 0.29) is 18.9 Å². The molecule has 4 rings (SSSR count). The van der Waals surface area contributed by atoms with Crippen LogP contribution in [0.25, 0.3) is 5.69 Å². The van der Waals surface area contributed by atoms with E-state index in [0.717, 1.165) is 32.8 Å². The van der Waals surface area contributed by atoms with E-state index in [9.17, 15) is 22.8 Å². The van der Waals surface area contributed by atoms with Gasteiger partial charge in [-0.15, -0.1) is 16.9 Å². The van der Waals surface area contributed by atoms with Gasteiger partial charge in [0, 0.05) is 11.9 Å². The van der Waals surface area contributed by atoms with Crippen molar-refractivity contribution < 1.29 is 27.4 Å². The quantitative estimate of drug-likeness (QED) is 0.194. The fraction of sp³-hybridized carbons (Fsp3) is 0.250. The number of ether oxygens (including phenoxy) is 2. The molecule has 4 aromatic rings. The predicted molar refractivity (Wildman–Crippen MR) is 141 cm³/mol. The summed E-state index contributed by atoms with van der Waals surface area (Å²) in [5.74, 6) is 0.487. The number of benzene rings is 3. The number of hydrogen-bond acceptors (Lipinski definition) is 6. The van der Waals surface area contributed by atoms with Crippen LogP contribution in [0.15, 0.2) is 82.5 Å². The molecule has 0 fully saturated rings. The van der Waals surface area contributed by atoms with Crippen LogP contribution in [0.1, 0.15) is 34.7 Å². The van der Waals surface area contributed by atoms with Gasteiger partial charge in [0.15, 0.2) is 12.4 Å². The molecule has 0 radical (unpaired) electrons. The molecule has 7 nitrogen and oxygen atoms in total. The minimum Gasteiger partial charge on any atom is -0.482 e. The molecule has 1 heterocycles. The minimum absolute atomic E-state index is 0.199. The maximum absolute atomic E-state index is 13.1. The molecule has 1 aromatic heterocycles. The van der Waals surface area contributed by atoms with Gasteiger partial charge in [-0.3, -0.25) is 4.57 Å². The number of hydrogen-bond donors (Lipinski definition) is 0. The highest BCUT2D eigenvalue weighted by Crippen LogP contribution is 2.41. The average molecular weight is 558 g/mol. The molecule has 204 valence electrons. The van der Waals surface area contributed by atoms with Gasteiger partial charge in [0.1, 0.15) is 5.75 Å². The summed E-state index contributed by atoms with van der Waals surface area (Å²) in [4.78, 5) is 25.6. The predicted octanol–water partition coefficient (Wildman–Crippen LogP) is 5.72. The molecule has 3 aromatic carbocycles. The summed E-state index contributed by atoms with van der Waals surface area (Å²) in [6.07, 6.45) is -4.48. The van der Waals surface area contributed by atoms with Crippen molar-refractivity contribution >= 4 is 17.7 Å². The highest BCUT2D eigenvalue weighted by atomic mass is 32.2. The summed E-state index contributed by atoms with van der Waals surface area (Å²) in [6.45, 7) is 3.70. The van der Waals surface area contributed by atoms with Crippen molar-refractivity contribution in [3.8, 4) is 11.4 Å². The van der Waals surface area contributed by atoms with Gasteiger partial charge in [-0.25, -0.2) is 9.59 Å². The lowest BCUT2D eigenvalue weighted by atomic mass is 10.1. The summed E-state index contributed by atoms with van der Waals surface area (Å²) in [6, 6.07) is 19.2. The highest BCUT2D eigenvalue weighted by Gasteiger charge is 2.30. The fourth-order valence-electron chi connectivity index (χ4n) is 3.85. The standard InChI is InChI=1S/C28H26F3N3O4S/c1-4-37-24(35)17-38-22-14-15-23(18(2)16-22)39-25(19-8-6-5-7-9-19)26-32-34(27(36)33(26)3)21-12-10-20(11-13-21)28(29,30)31/h5-16,25H,4,17H2,1-3H3. The summed E-state index contributed by atoms with van der Waals surface area (Å²) >= 11 is 1.47. The monoisotopic (exact) mass is 557 g/mol. The van der Waals surface area contributed by atoms with E-state index < -0.39 is 28.6 Å². The second kappa shape index (κ2) is 11.8. The Morgan fingerprint density at radius 1 is 1.05 bits per heavy atom. The van der Waals surface area contributed by atoms with Crippen molar-refractivity contribution in [1.29, 1.82) is 0 Å². The first-order valence-corrected chi connectivity index (χ1v) is 12.9. The average Bonchev–Trinajstić information content (AvgIpc) is 3.21. The Kier molecular flexibility index (Phi) is 8.49. The molecular formula is C28H26F3N3O4S. The lowest BCUT2D eigenvalue weighted by Gasteiger charge is -2.18. The first kappa shape index (κ1) is 28.0.